The molecule has 1 N–H and O–H groups in total. The largest absolute Gasteiger partial charge is 0.338 e. The zero-order chi connectivity index (χ0) is 14.7. The molecule has 5 nitrogen and oxygen atoms in total. The molecule has 1 unspecified atom stereocenters. The summed E-state index contributed by atoms with van der Waals surface area (Å²) in [6.45, 7) is 2.72. The molecule has 0 saturated carbocycles. The Bertz CT molecular complexity index is 578. The van der Waals surface area contributed by atoms with Crippen LogP contribution < -0.4 is 5.32 Å². The number of rotatable bonds is 4. The van der Waals surface area contributed by atoms with Crippen LogP contribution >= 0.6 is 0 Å². The molecule has 0 aliphatic carbocycles. The van der Waals surface area contributed by atoms with Crippen molar-refractivity contribution in [2.75, 3.05) is 20.1 Å². The minimum Gasteiger partial charge on any atom is -0.338 e. The number of benzene rings is 1. The first-order chi connectivity index (χ1) is 10.2. The Labute approximate surface area is 123 Å². The quantitative estimate of drug-likeness (QED) is 0.934. The molecule has 3 rings (SSSR count). The van der Waals surface area contributed by atoms with Gasteiger partial charge in [-0.3, -0.25) is 4.90 Å². The first-order valence-electron chi connectivity index (χ1n) is 7.22. The maximum absolute atomic E-state index is 12.9. The second-order valence-corrected chi connectivity index (χ2v) is 5.43. The van der Waals surface area contributed by atoms with Gasteiger partial charge in [0.1, 0.15) is 5.82 Å². The second kappa shape index (κ2) is 6.32. The number of nitrogens with zero attached hydrogens (tertiary/aromatic N) is 3. The van der Waals surface area contributed by atoms with E-state index in [0.29, 0.717) is 24.3 Å². The highest BCUT2D eigenvalue weighted by molar-refractivity contribution is 5.53. The van der Waals surface area contributed by atoms with Gasteiger partial charge in [0.05, 0.1) is 6.54 Å². The zero-order valence-corrected chi connectivity index (χ0v) is 12.1. The van der Waals surface area contributed by atoms with Gasteiger partial charge in [-0.2, -0.15) is 4.98 Å². The summed E-state index contributed by atoms with van der Waals surface area (Å²) in [6, 6.07) is 6.59. The van der Waals surface area contributed by atoms with Crippen LogP contribution in [0.4, 0.5) is 4.39 Å². The molecule has 0 spiro atoms. The van der Waals surface area contributed by atoms with Crippen molar-refractivity contribution in [2.45, 2.75) is 25.4 Å². The summed E-state index contributed by atoms with van der Waals surface area (Å²) >= 11 is 0. The Hall–Kier alpha value is -1.79. The fourth-order valence-corrected chi connectivity index (χ4v) is 2.59. The lowest BCUT2D eigenvalue weighted by molar-refractivity contribution is 0.174. The topological polar surface area (TPSA) is 54.2 Å². The van der Waals surface area contributed by atoms with E-state index in [9.17, 15) is 4.39 Å². The summed E-state index contributed by atoms with van der Waals surface area (Å²) in [5, 5.41) is 7.36. The number of piperidine rings is 1. The van der Waals surface area contributed by atoms with Gasteiger partial charge < -0.3 is 9.84 Å². The van der Waals surface area contributed by atoms with Crippen LogP contribution in [-0.4, -0.2) is 41.2 Å². The molecule has 1 atom stereocenters. The lowest BCUT2D eigenvalue weighted by Gasteiger charge is -2.30. The molecule has 1 fully saturated rings. The van der Waals surface area contributed by atoms with Crippen molar-refractivity contribution in [3.63, 3.8) is 0 Å². The van der Waals surface area contributed by atoms with Gasteiger partial charge >= 0.3 is 0 Å². The van der Waals surface area contributed by atoms with Gasteiger partial charge in [-0.25, -0.2) is 4.39 Å². The van der Waals surface area contributed by atoms with Crippen molar-refractivity contribution in [3.8, 4) is 11.4 Å². The van der Waals surface area contributed by atoms with Crippen LogP contribution in [0.3, 0.4) is 0 Å². The summed E-state index contributed by atoms with van der Waals surface area (Å²) < 4.78 is 18.2. The third-order valence-corrected chi connectivity index (χ3v) is 3.85. The molecule has 6 heteroatoms. The minimum atomic E-state index is -0.271. The molecule has 1 aliphatic heterocycles. The summed E-state index contributed by atoms with van der Waals surface area (Å²) in [7, 11) is 2.07. The molecule has 2 heterocycles. The van der Waals surface area contributed by atoms with E-state index < -0.39 is 0 Å². The highest BCUT2D eigenvalue weighted by atomic mass is 19.1. The number of halogens is 1. The zero-order valence-electron chi connectivity index (χ0n) is 12.1. The van der Waals surface area contributed by atoms with Crippen LogP contribution in [0.5, 0.6) is 0 Å². The molecule has 1 aromatic carbocycles. The number of hydrogen-bond donors (Lipinski definition) is 1. The molecule has 1 aliphatic rings. The Balaban J connectivity index is 1.65. The SMILES string of the molecule is CN(Cc1nc(-c2ccc(F)cc2)no1)C1CCCNC1. The molecule has 2 aromatic rings. The highest BCUT2D eigenvalue weighted by Crippen LogP contribution is 2.17. The predicted molar refractivity (Wildman–Crippen MR) is 77.1 cm³/mol. The normalized spacial score (nSPS) is 19.1. The van der Waals surface area contributed by atoms with Crippen LogP contribution in [0, 0.1) is 5.82 Å². The fourth-order valence-electron chi connectivity index (χ4n) is 2.59. The van der Waals surface area contributed by atoms with Gasteiger partial charge in [0.2, 0.25) is 11.7 Å². The smallest absolute Gasteiger partial charge is 0.241 e. The van der Waals surface area contributed by atoms with Crippen molar-refractivity contribution in [2.24, 2.45) is 0 Å². The molecule has 0 radical (unpaired) electrons. The number of hydrogen-bond acceptors (Lipinski definition) is 5. The first-order valence-corrected chi connectivity index (χ1v) is 7.22. The Morgan fingerprint density at radius 1 is 1.38 bits per heavy atom. The summed E-state index contributed by atoms with van der Waals surface area (Å²) in [5.74, 6) is 0.814. The summed E-state index contributed by atoms with van der Waals surface area (Å²) in [4.78, 5) is 6.61. The predicted octanol–water partition coefficient (Wildman–Crippen LogP) is 2.06. The summed E-state index contributed by atoms with van der Waals surface area (Å²) in [5.41, 5.74) is 0.758. The van der Waals surface area contributed by atoms with Crippen molar-refractivity contribution >= 4 is 0 Å². The molecule has 1 aromatic heterocycles. The van der Waals surface area contributed by atoms with Crippen molar-refractivity contribution in [1.29, 1.82) is 0 Å². The van der Waals surface area contributed by atoms with E-state index in [2.05, 4.69) is 27.4 Å². The van der Waals surface area contributed by atoms with Crippen LogP contribution in [0.25, 0.3) is 11.4 Å². The van der Waals surface area contributed by atoms with Gasteiger partial charge in [-0.1, -0.05) is 5.16 Å². The molecule has 112 valence electrons. The van der Waals surface area contributed by atoms with Gasteiger partial charge in [-0.05, 0) is 50.7 Å². The third-order valence-electron chi connectivity index (χ3n) is 3.85. The van der Waals surface area contributed by atoms with E-state index in [0.717, 1.165) is 18.7 Å². The van der Waals surface area contributed by atoms with Crippen LogP contribution in [0.2, 0.25) is 0 Å². The molecular formula is C15H19FN4O. The Morgan fingerprint density at radius 2 is 2.19 bits per heavy atom. The van der Waals surface area contributed by atoms with E-state index in [1.807, 2.05) is 0 Å². The van der Waals surface area contributed by atoms with Gasteiger partial charge in [0.25, 0.3) is 0 Å². The van der Waals surface area contributed by atoms with Gasteiger partial charge in [0, 0.05) is 18.2 Å². The van der Waals surface area contributed by atoms with Crippen molar-refractivity contribution < 1.29 is 8.91 Å². The first kappa shape index (κ1) is 14.2. The average molecular weight is 290 g/mol. The standard InChI is InChI=1S/C15H19FN4O/c1-20(13-3-2-8-17-9-13)10-14-18-15(19-21-14)11-4-6-12(16)7-5-11/h4-7,13,17H,2-3,8-10H2,1H3. The number of aromatic nitrogens is 2. The van der Waals surface area contributed by atoms with E-state index in [1.54, 1.807) is 12.1 Å². The molecule has 21 heavy (non-hydrogen) atoms. The number of nitrogens with one attached hydrogen (secondary N) is 1. The Morgan fingerprint density at radius 3 is 2.90 bits per heavy atom. The second-order valence-electron chi connectivity index (χ2n) is 5.43. The molecule has 0 amide bonds. The van der Waals surface area contributed by atoms with E-state index in [1.165, 1.54) is 25.0 Å². The van der Waals surface area contributed by atoms with Crippen molar-refractivity contribution in [3.05, 3.63) is 36.0 Å². The average Bonchev–Trinajstić information content (AvgIpc) is 2.97. The van der Waals surface area contributed by atoms with E-state index >= 15 is 0 Å². The van der Waals surface area contributed by atoms with Crippen LogP contribution in [0.15, 0.2) is 28.8 Å². The highest BCUT2D eigenvalue weighted by Gasteiger charge is 2.20. The van der Waals surface area contributed by atoms with Crippen LogP contribution in [-0.2, 0) is 6.54 Å². The van der Waals surface area contributed by atoms with Crippen molar-refractivity contribution in [1.82, 2.24) is 20.4 Å². The van der Waals surface area contributed by atoms with Gasteiger partial charge in [-0.15, -0.1) is 0 Å². The fraction of sp³-hybridized carbons (Fsp3) is 0.467. The molecule has 0 bridgehead atoms. The van der Waals surface area contributed by atoms with Crippen LogP contribution in [0.1, 0.15) is 18.7 Å². The maximum atomic E-state index is 12.9. The van der Waals surface area contributed by atoms with E-state index in [4.69, 9.17) is 4.52 Å². The lowest BCUT2D eigenvalue weighted by Crippen LogP contribution is -2.43. The third kappa shape index (κ3) is 3.46. The van der Waals surface area contributed by atoms with Gasteiger partial charge in [0.15, 0.2) is 0 Å². The lowest BCUT2D eigenvalue weighted by atomic mass is 10.1. The Kier molecular flexibility index (Phi) is 4.26. The van der Waals surface area contributed by atoms with E-state index in [-0.39, 0.29) is 5.82 Å². The summed E-state index contributed by atoms with van der Waals surface area (Å²) in [6.07, 6.45) is 2.38. The maximum Gasteiger partial charge on any atom is 0.241 e. The monoisotopic (exact) mass is 290 g/mol. The number of likely N-dealkylation sites (N-methyl/N-ethyl adjacent to an activating group) is 1. The molecule has 1 saturated heterocycles. The minimum absolute atomic E-state index is 0.271. The molecular weight excluding hydrogens is 271 g/mol.